The first-order valence-corrected chi connectivity index (χ1v) is 4.07. The molecule has 1 aromatic rings. The highest BCUT2D eigenvalue weighted by Gasteiger charge is 2.09. The fraction of sp³-hybridized carbons (Fsp3) is 0.300. The maximum absolute atomic E-state index is 10.6. The molecule has 0 aliphatic carbocycles. The number of hydrogen-bond acceptors (Lipinski definition) is 4. The highest BCUT2D eigenvalue weighted by atomic mass is 16.5. The van der Waals surface area contributed by atoms with Crippen molar-refractivity contribution in [2.75, 3.05) is 14.2 Å². The Kier molecular flexibility index (Phi) is 3.48. The number of ether oxygens (including phenoxy) is 2. The molecule has 0 heterocycles. The van der Waals surface area contributed by atoms with Gasteiger partial charge in [-0.1, -0.05) is 0 Å². The Morgan fingerprint density at radius 3 is 2.29 bits per heavy atom. The van der Waals surface area contributed by atoms with Gasteiger partial charge in [-0.2, -0.15) is 0 Å². The van der Waals surface area contributed by atoms with E-state index < -0.39 is 0 Å². The van der Waals surface area contributed by atoms with E-state index in [-0.39, 0.29) is 6.61 Å². The third-order valence-corrected chi connectivity index (χ3v) is 1.94. The fourth-order valence-electron chi connectivity index (χ4n) is 1.18. The number of rotatable bonds is 4. The molecule has 1 N–H and O–H groups in total. The number of aliphatic hydroxyl groups is 1. The second-order valence-corrected chi connectivity index (χ2v) is 2.68. The molecule has 0 fully saturated rings. The molecule has 0 unspecified atom stereocenters. The normalized spacial score (nSPS) is 9.64. The molecule has 0 aliphatic rings. The third-order valence-electron chi connectivity index (χ3n) is 1.94. The molecular formula is C10H12O4. The molecule has 0 spiro atoms. The number of benzene rings is 1. The van der Waals surface area contributed by atoms with Crippen LogP contribution in [-0.4, -0.2) is 25.6 Å². The van der Waals surface area contributed by atoms with Gasteiger partial charge in [-0.25, -0.2) is 0 Å². The van der Waals surface area contributed by atoms with Gasteiger partial charge in [-0.3, -0.25) is 4.79 Å². The Labute approximate surface area is 82.1 Å². The van der Waals surface area contributed by atoms with E-state index in [1.165, 1.54) is 20.3 Å². The van der Waals surface area contributed by atoms with Gasteiger partial charge in [0.2, 0.25) is 0 Å². The van der Waals surface area contributed by atoms with E-state index in [2.05, 4.69) is 0 Å². The standard InChI is InChI=1S/C10H12O4/c1-13-9-3-7(5-11)8(6-12)4-10(9)14-2/h3-5,12H,6H2,1-2H3. The lowest BCUT2D eigenvalue weighted by Crippen LogP contribution is -1.97. The molecule has 1 aromatic carbocycles. The topological polar surface area (TPSA) is 55.8 Å². The first-order valence-electron chi connectivity index (χ1n) is 4.07. The van der Waals surface area contributed by atoms with Gasteiger partial charge in [0.25, 0.3) is 0 Å². The van der Waals surface area contributed by atoms with Crippen LogP contribution in [0.1, 0.15) is 15.9 Å². The summed E-state index contributed by atoms with van der Waals surface area (Å²) in [7, 11) is 2.99. The van der Waals surface area contributed by atoms with Crippen LogP contribution in [0.25, 0.3) is 0 Å². The van der Waals surface area contributed by atoms with Crippen LogP contribution in [0.4, 0.5) is 0 Å². The van der Waals surface area contributed by atoms with E-state index in [1.807, 2.05) is 0 Å². The third kappa shape index (κ3) is 1.85. The summed E-state index contributed by atoms with van der Waals surface area (Å²) in [6.45, 7) is -0.200. The molecule has 0 amide bonds. The predicted molar refractivity (Wildman–Crippen MR) is 50.9 cm³/mol. The van der Waals surface area contributed by atoms with Crippen LogP contribution < -0.4 is 9.47 Å². The summed E-state index contributed by atoms with van der Waals surface area (Å²) in [6.07, 6.45) is 0.674. The minimum Gasteiger partial charge on any atom is -0.493 e. The molecule has 0 radical (unpaired) electrons. The first-order chi connectivity index (χ1) is 6.76. The van der Waals surface area contributed by atoms with Crippen molar-refractivity contribution in [1.29, 1.82) is 0 Å². The highest BCUT2D eigenvalue weighted by molar-refractivity contribution is 5.79. The molecule has 0 aliphatic heterocycles. The number of methoxy groups -OCH3 is 2. The Balaban J connectivity index is 3.27. The van der Waals surface area contributed by atoms with Gasteiger partial charge in [0.1, 0.15) is 0 Å². The first kappa shape index (κ1) is 10.5. The van der Waals surface area contributed by atoms with Crippen LogP contribution in [-0.2, 0) is 6.61 Å². The number of hydrogen-bond donors (Lipinski definition) is 1. The Morgan fingerprint density at radius 2 is 1.86 bits per heavy atom. The summed E-state index contributed by atoms with van der Waals surface area (Å²) in [5.41, 5.74) is 0.933. The summed E-state index contributed by atoms with van der Waals surface area (Å²) in [5.74, 6) is 0.981. The molecule has 4 nitrogen and oxygen atoms in total. The van der Waals surface area contributed by atoms with Crippen molar-refractivity contribution >= 4 is 6.29 Å². The van der Waals surface area contributed by atoms with Crippen molar-refractivity contribution in [3.8, 4) is 11.5 Å². The Bertz CT molecular complexity index is 333. The van der Waals surface area contributed by atoms with Gasteiger partial charge < -0.3 is 14.6 Å². The SMILES string of the molecule is COc1cc(C=O)c(CO)cc1OC. The van der Waals surface area contributed by atoms with Gasteiger partial charge in [0.05, 0.1) is 20.8 Å². The minimum absolute atomic E-state index is 0.200. The smallest absolute Gasteiger partial charge is 0.161 e. The number of aldehydes is 1. The molecule has 0 bridgehead atoms. The Hall–Kier alpha value is -1.55. The van der Waals surface area contributed by atoms with E-state index in [4.69, 9.17) is 14.6 Å². The van der Waals surface area contributed by atoms with E-state index >= 15 is 0 Å². The largest absolute Gasteiger partial charge is 0.493 e. The van der Waals surface area contributed by atoms with Gasteiger partial charge >= 0.3 is 0 Å². The second kappa shape index (κ2) is 4.62. The van der Waals surface area contributed by atoms with Crippen molar-refractivity contribution in [1.82, 2.24) is 0 Å². The summed E-state index contributed by atoms with van der Waals surface area (Å²) in [5, 5.41) is 8.98. The predicted octanol–water partition coefficient (Wildman–Crippen LogP) is 1.01. The van der Waals surface area contributed by atoms with Gasteiger partial charge in [-0.05, 0) is 17.7 Å². The lowest BCUT2D eigenvalue weighted by atomic mass is 10.1. The highest BCUT2D eigenvalue weighted by Crippen LogP contribution is 2.29. The van der Waals surface area contributed by atoms with E-state index in [0.29, 0.717) is 28.9 Å². The fourth-order valence-corrected chi connectivity index (χ4v) is 1.18. The molecule has 1 rings (SSSR count). The molecule has 76 valence electrons. The molecule has 0 saturated heterocycles. The molecule has 14 heavy (non-hydrogen) atoms. The van der Waals surface area contributed by atoms with Gasteiger partial charge in [0.15, 0.2) is 17.8 Å². The van der Waals surface area contributed by atoms with Crippen molar-refractivity contribution in [3.63, 3.8) is 0 Å². The van der Waals surface area contributed by atoms with Gasteiger partial charge in [0, 0.05) is 5.56 Å². The van der Waals surface area contributed by atoms with E-state index in [9.17, 15) is 4.79 Å². The summed E-state index contributed by atoms with van der Waals surface area (Å²) < 4.78 is 10.0. The average Bonchev–Trinajstić information content (AvgIpc) is 2.26. The number of aliphatic hydroxyl groups excluding tert-OH is 1. The van der Waals surface area contributed by atoms with Crippen molar-refractivity contribution < 1.29 is 19.4 Å². The van der Waals surface area contributed by atoms with Crippen LogP contribution in [0.3, 0.4) is 0 Å². The number of carbonyl (C=O) groups is 1. The zero-order valence-electron chi connectivity index (χ0n) is 8.11. The van der Waals surface area contributed by atoms with Crippen LogP contribution in [0.15, 0.2) is 12.1 Å². The lowest BCUT2D eigenvalue weighted by Gasteiger charge is -2.10. The summed E-state index contributed by atoms with van der Waals surface area (Å²) in [6, 6.07) is 3.12. The van der Waals surface area contributed by atoms with Gasteiger partial charge in [-0.15, -0.1) is 0 Å². The molecular weight excluding hydrogens is 184 g/mol. The van der Waals surface area contributed by atoms with Crippen LogP contribution >= 0.6 is 0 Å². The molecule has 0 atom stereocenters. The zero-order chi connectivity index (χ0) is 10.6. The van der Waals surface area contributed by atoms with Crippen LogP contribution in [0.2, 0.25) is 0 Å². The number of carbonyl (C=O) groups excluding carboxylic acids is 1. The van der Waals surface area contributed by atoms with Crippen LogP contribution in [0, 0.1) is 0 Å². The van der Waals surface area contributed by atoms with Crippen molar-refractivity contribution in [2.45, 2.75) is 6.61 Å². The summed E-state index contributed by atoms with van der Waals surface area (Å²) in [4.78, 5) is 10.6. The van der Waals surface area contributed by atoms with Crippen LogP contribution in [0.5, 0.6) is 11.5 Å². The molecule has 0 saturated carbocycles. The minimum atomic E-state index is -0.200. The maximum Gasteiger partial charge on any atom is 0.161 e. The maximum atomic E-state index is 10.6. The molecule has 0 aromatic heterocycles. The van der Waals surface area contributed by atoms with E-state index in [0.717, 1.165) is 0 Å². The average molecular weight is 196 g/mol. The van der Waals surface area contributed by atoms with Crippen molar-refractivity contribution in [3.05, 3.63) is 23.3 Å². The quantitative estimate of drug-likeness (QED) is 0.730. The lowest BCUT2D eigenvalue weighted by molar-refractivity contribution is 0.112. The molecule has 4 heteroatoms. The van der Waals surface area contributed by atoms with E-state index in [1.54, 1.807) is 6.07 Å². The second-order valence-electron chi connectivity index (χ2n) is 2.68. The Morgan fingerprint density at radius 1 is 1.29 bits per heavy atom. The zero-order valence-corrected chi connectivity index (χ0v) is 8.11. The van der Waals surface area contributed by atoms with Crippen molar-refractivity contribution in [2.24, 2.45) is 0 Å². The monoisotopic (exact) mass is 196 g/mol. The summed E-state index contributed by atoms with van der Waals surface area (Å²) >= 11 is 0.